The van der Waals surface area contributed by atoms with Gasteiger partial charge in [-0.2, -0.15) is 0 Å². The first-order valence-electron chi connectivity index (χ1n) is 10.7. The Morgan fingerprint density at radius 1 is 1.12 bits per heavy atom. The molecule has 7 nitrogen and oxygen atoms in total. The van der Waals surface area contributed by atoms with Gasteiger partial charge >= 0.3 is 5.97 Å². The molecular weight excluding hydrogens is 422 g/mol. The summed E-state index contributed by atoms with van der Waals surface area (Å²) in [6.07, 6.45) is 4.67. The SMILES string of the molecule is CO/N=C(\COC1C=CC(COc2ccc(C(O)CC(=O)O)cc2)=CC1C)c1ccccc1. The number of ether oxygens (including phenoxy) is 2. The average Bonchev–Trinajstić information content (AvgIpc) is 2.81. The van der Waals surface area contributed by atoms with E-state index in [1.54, 1.807) is 24.3 Å². The Labute approximate surface area is 193 Å². The van der Waals surface area contributed by atoms with Gasteiger partial charge in [0.05, 0.1) is 25.2 Å². The van der Waals surface area contributed by atoms with Crippen molar-refractivity contribution in [2.45, 2.75) is 25.6 Å². The van der Waals surface area contributed by atoms with Crippen molar-refractivity contribution in [1.29, 1.82) is 0 Å². The molecule has 174 valence electrons. The van der Waals surface area contributed by atoms with Crippen LogP contribution in [0.3, 0.4) is 0 Å². The molecule has 2 aromatic carbocycles. The van der Waals surface area contributed by atoms with E-state index in [0.717, 1.165) is 16.8 Å². The van der Waals surface area contributed by atoms with Crippen molar-refractivity contribution in [2.24, 2.45) is 11.1 Å². The van der Waals surface area contributed by atoms with E-state index in [4.69, 9.17) is 19.4 Å². The van der Waals surface area contributed by atoms with Crippen LogP contribution in [0, 0.1) is 5.92 Å². The second-order valence-corrected chi connectivity index (χ2v) is 7.79. The van der Waals surface area contributed by atoms with Gasteiger partial charge in [0.15, 0.2) is 0 Å². The molecule has 0 aromatic heterocycles. The second-order valence-electron chi connectivity index (χ2n) is 7.79. The minimum Gasteiger partial charge on any atom is -0.489 e. The van der Waals surface area contributed by atoms with Crippen LogP contribution in [-0.2, 0) is 14.4 Å². The van der Waals surface area contributed by atoms with Crippen molar-refractivity contribution in [2.75, 3.05) is 20.3 Å². The fourth-order valence-corrected chi connectivity index (χ4v) is 3.50. The first-order chi connectivity index (χ1) is 16.0. The highest BCUT2D eigenvalue weighted by Crippen LogP contribution is 2.23. The normalized spacial score (nSPS) is 19.0. The summed E-state index contributed by atoms with van der Waals surface area (Å²) in [6.45, 7) is 2.81. The van der Waals surface area contributed by atoms with Gasteiger partial charge in [0.2, 0.25) is 0 Å². The molecule has 1 aliphatic carbocycles. The molecule has 0 aliphatic heterocycles. The van der Waals surface area contributed by atoms with Crippen molar-refractivity contribution < 1.29 is 29.3 Å². The zero-order chi connectivity index (χ0) is 23.6. The number of aliphatic carboxylic acids is 1. The van der Waals surface area contributed by atoms with Gasteiger partial charge in [-0.1, -0.05) is 72.8 Å². The number of rotatable bonds is 11. The fourth-order valence-electron chi connectivity index (χ4n) is 3.50. The lowest BCUT2D eigenvalue weighted by atomic mass is 9.95. The Kier molecular flexibility index (Phi) is 8.80. The van der Waals surface area contributed by atoms with Crippen molar-refractivity contribution in [1.82, 2.24) is 0 Å². The molecule has 2 N–H and O–H groups in total. The summed E-state index contributed by atoms with van der Waals surface area (Å²) in [7, 11) is 1.52. The maximum absolute atomic E-state index is 10.7. The predicted octanol–water partition coefficient (Wildman–Crippen LogP) is 4.14. The van der Waals surface area contributed by atoms with Gasteiger partial charge in [-0.15, -0.1) is 0 Å². The molecule has 0 radical (unpaired) electrons. The van der Waals surface area contributed by atoms with Gasteiger partial charge in [-0.05, 0) is 23.3 Å². The van der Waals surface area contributed by atoms with E-state index in [1.807, 2.05) is 42.5 Å². The molecule has 0 spiro atoms. The summed E-state index contributed by atoms with van der Waals surface area (Å²) >= 11 is 0. The molecule has 0 fully saturated rings. The molecule has 33 heavy (non-hydrogen) atoms. The van der Waals surface area contributed by atoms with Gasteiger partial charge in [0.25, 0.3) is 0 Å². The third kappa shape index (κ3) is 7.30. The molecule has 3 unspecified atom stereocenters. The van der Waals surface area contributed by atoms with Crippen LogP contribution in [0.5, 0.6) is 5.75 Å². The number of benzene rings is 2. The van der Waals surface area contributed by atoms with Crippen LogP contribution in [0.25, 0.3) is 0 Å². The lowest BCUT2D eigenvalue weighted by molar-refractivity contribution is -0.139. The minimum atomic E-state index is -1.04. The first kappa shape index (κ1) is 24.2. The molecule has 7 heteroatoms. The standard InChI is InChI=1S/C26H29NO6/c1-18-14-19(16-32-22-11-9-21(10-12-22)24(28)15-26(29)30)8-13-25(18)33-17-23(27-31-2)20-6-4-3-5-7-20/h3-14,18,24-25,28H,15-17H2,1-2H3,(H,29,30)/b27-23+. The Balaban J connectivity index is 1.50. The summed E-state index contributed by atoms with van der Waals surface area (Å²) in [5, 5.41) is 22.8. The van der Waals surface area contributed by atoms with E-state index in [1.165, 1.54) is 7.11 Å². The summed E-state index contributed by atoms with van der Waals surface area (Å²) in [4.78, 5) is 15.7. The second kappa shape index (κ2) is 12.0. The van der Waals surface area contributed by atoms with E-state index in [2.05, 4.69) is 18.2 Å². The number of oxime groups is 1. The molecule has 0 bridgehead atoms. The number of nitrogens with zero attached hydrogens (tertiary/aromatic N) is 1. The zero-order valence-electron chi connectivity index (χ0n) is 18.8. The van der Waals surface area contributed by atoms with E-state index < -0.39 is 12.1 Å². The highest BCUT2D eigenvalue weighted by molar-refractivity contribution is 6.01. The van der Waals surface area contributed by atoms with Crippen LogP contribution in [0.4, 0.5) is 0 Å². The van der Waals surface area contributed by atoms with Gasteiger partial charge in [0.1, 0.15) is 25.2 Å². The Bertz CT molecular complexity index is 997. The summed E-state index contributed by atoms with van der Waals surface area (Å²) < 4.78 is 11.9. The number of aliphatic hydroxyl groups is 1. The van der Waals surface area contributed by atoms with Gasteiger partial charge in [0, 0.05) is 11.5 Å². The van der Waals surface area contributed by atoms with Crippen LogP contribution < -0.4 is 4.74 Å². The quantitative estimate of drug-likeness (QED) is 0.394. The number of carboxylic acid groups (broad SMARTS) is 1. The van der Waals surface area contributed by atoms with Crippen molar-refractivity contribution in [3.8, 4) is 5.75 Å². The molecule has 0 heterocycles. The number of carboxylic acids is 1. The first-order valence-corrected chi connectivity index (χ1v) is 10.7. The molecule has 2 aromatic rings. The van der Waals surface area contributed by atoms with E-state index in [-0.39, 0.29) is 18.4 Å². The summed E-state index contributed by atoms with van der Waals surface area (Å²) in [6, 6.07) is 16.6. The van der Waals surface area contributed by atoms with E-state index >= 15 is 0 Å². The molecule has 3 rings (SSSR count). The van der Waals surface area contributed by atoms with Gasteiger partial charge in [-0.25, -0.2) is 0 Å². The largest absolute Gasteiger partial charge is 0.489 e. The summed E-state index contributed by atoms with van der Waals surface area (Å²) in [5.41, 5.74) is 3.26. The van der Waals surface area contributed by atoms with Gasteiger partial charge in [-0.3, -0.25) is 4.79 Å². The average molecular weight is 452 g/mol. The van der Waals surface area contributed by atoms with Crippen molar-refractivity contribution >= 4 is 11.7 Å². The van der Waals surface area contributed by atoms with Crippen LogP contribution in [0.1, 0.15) is 30.6 Å². The van der Waals surface area contributed by atoms with Crippen LogP contribution in [-0.4, -0.2) is 48.3 Å². The number of aliphatic hydroxyl groups excluding tert-OH is 1. The highest BCUT2D eigenvalue weighted by Gasteiger charge is 2.19. The number of hydrogen-bond acceptors (Lipinski definition) is 6. The number of hydrogen-bond donors (Lipinski definition) is 2. The molecule has 3 atom stereocenters. The molecule has 0 saturated carbocycles. The Morgan fingerprint density at radius 3 is 2.48 bits per heavy atom. The molecule has 0 amide bonds. The maximum Gasteiger partial charge on any atom is 0.306 e. The molecule has 0 saturated heterocycles. The Morgan fingerprint density at radius 2 is 1.85 bits per heavy atom. The predicted molar refractivity (Wildman–Crippen MR) is 125 cm³/mol. The third-order valence-electron chi connectivity index (χ3n) is 5.25. The maximum atomic E-state index is 10.7. The minimum absolute atomic E-state index is 0.0884. The van der Waals surface area contributed by atoms with Crippen LogP contribution >= 0.6 is 0 Å². The lowest BCUT2D eigenvalue weighted by Crippen LogP contribution is -2.25. The smallest absolute Gasteiger partial charge is 0.306 e. The third-order valence-corrected chi connectivity index (χ3v) is 5.25. The van der Waals surface area contributed by atoms with Crippen LogP contribution in [0.15, 0.2) is 83.6 Å². The van der Waals surface area contributed by atoms with Crippen LogP contribution in [0.2, 0.25) is 0 Å². The van der Waals surface area contributed by atoms with E-state index in [0.29, 0.717) is 24.5 Å². The monoisotopic (exact) mass is 451 g/mol. The van der Waals surface area contributed by atoms with Gasteiger partial charge < -0.3 is 24.5 Å². The van der Waals surface area contributed by atoms with E-state index in [9.17, 15) is 9.90 Å². The Hall–Kier alpha value is -3.42. The van der Waals surface area contributed by atoms with Crippen molar-refractivity contribution in [3.63, 3.8) is 0 Å². The lowest BCUT2D eigenvalue weighted by Gasteiger charge is -2.24. The molecule has 1 aliphatic rings. The molecular formula is C26H29NO6. The fraction of sp³-hybridized carbons (Fsp3) is 0.308. The zero-order valence-corrected chi connectivity index (χ0v) is 18.8. The summed E-state index contributed by atoms with van der Waals surface area (Å²) in [5.74, 6) is -0.246. The van der Waals surface area contributed by atoms with Crippen molar-refractivity contribution in [3.05, 3.63) is 89.5 Å². The highest BCUT2D eigenvalue weighted by atomic mass is 16.6. The topological polar surface area (TPSA) is 97.6 Å². The number of carbonyl (C=O) groups is 1.